The number of pyridine rings is 1. The summed E-state index contributed by atoms with van der Waals surface area (Å²) in [4.78, 5) is 24.5. The second kappa shape index (κ2) is 9.87. The van der Waals surface area contributed by atoms with E-state index in [1.807, 2.05) is 24.4 Å². The Bertz CT molecular complexity index is 835. The zero-order valence-corrected chi connectivity index (χ0v) is 18.5. The van der Waals surface area contributed by atoms with Gasteiger partial charge in [0, 0.05) is 51.4 Å². The first kappa shape index (κ1) is 21.3. The molecule has 3 rings (SSSR count). The molecule has 0 bridgehead atoms. The van der Waals surface area contributed by atoms with E-state index in [2.05, 4.69) is 27.8 Å². The SMILES string of the molecule is CCCSc1c(C(=O)N(C)C)cncc1N1CCN(c2ccccc2OC)CC1. The third-order valence-corrected chi connectivity index (χ3v) is 6.34. The number of para-hydroxylation sites is 2. The van der Waals surface area contributed by atoms with Crippen molar-refractivity contribution >= 4 is 29.0 Å². The molecule has 7 heteroatoms. The molecule has 1 aromatic carbocycles. The van der Waals surface area contributed by atoms with E-state index >= 15 is 0 Å². The van der Waals surface area contributed by atoms with Crippen molar-refractivity contribution in [1.82, 2.24) is 9.88 Å². The van der Waals surface area contributed by atoms with Crippen molar-refractivity contribution in [3.8, 4) is 5.75 Å². The number of anilines is 2. The van der Waals surface area contributed by atoms with E-state index in [9.17, 15) is 4.79 Å². The van der Waals surface area contributed by atoms with Crippen LogP contribution >= 0.6 is 11.8 Å². The van der Waals surface area contributed by atoms with Gasteiger partial charge in [-0.25, -0.2) is 0 Å². The summed E-state index contributed by atoms with van der Waals surface area (Å²) in [7, 11) is 5.29. The maximum absolute atomic E-state index is 12.7. The molecule has 1 aromatic heterocycles. The van der Waals surface area contributed by atoms with Gasteiger partial charge in [-0.2, -0.15) is 0 Å². The molecule has 0 unspecified atom stereocenters. The van der Waals surface area contributed by atoms with Gasteiger partial charge in [0.05, 0.1) is 30.2 Å². The normalized spacial score (nSPS) is 14.1. The smallest absolute Gasteiger partial charge is 0.256 e. The largest absolute Gasteiger partial charge is 0.495 e. The van der Waals surface area contributed by atoms with Gasteiger partial charge in [-0.1, -0.05) is 19.1 Å². The number of carbonyl (C=O) groups excluding carboxylic acids is 1. The van der Waals surface area contributed by atoms with E-state index in [1.54, 1.807) is 44.1 Å². The van der Waals surface area contributed by atoms with Crippen LogP contribution in [0.25, 0.3) is 0 Å². The summed E-state index contributed by atoms with van der Waals surface area (Å²) >= 11 is 1.75. The number of aromatic nitrogens is 1. The average Bonchev–Trinajstić information content (AvgIpc) is 2.77. The molecule has 1 saturated heterocycles. The number of amides is 1. The van der Waals surface area contributed by atoms with E-state index in [-0.39, 0.29) is 5.91 Å². The first-order valence-electron chi connectivity index (χ1n) is 10.0. The first-order chi connectivity index (χ1) is 14.1. The maximum atomic E-state index is 12.7. The van der Waals surface area contributed by atoms with E-state index in [0.29, 0.717) is 5.56 Å². The van der Waals surface area contributed by atoms with Crippen LogP contribution in [0, 0.1) is 0 Å². The molecule has 6 nitrogen and oxygen atoms in total. The number of hydrogen-bond acceptors (Lipinski definition) is 6. The first-order valence-corrected chi connectivity index (χ1v) is 11.0. The molecule has 0 atom stereocenters. The van der Waals surface area contributed by atoms with Crippen molar-refractivity contribution in [2.45, 2.75) is 18.2 Å². The third kappa shape index (κ3) is 4.78. The number of thioether (sulfide) groups is 1. The number of hydrogen-bond donors (Lipinski definition) is 0. The van der Waals surface area contributed by atoms with Gasteiger partial charge in [0.2, 0.25) is 0 Å². The van der Waals surface area contributed by atoms with Crippen molar-refractivity contribution in [2.75, 3.05) is 62.9 Å². The van der Waals surface area contributed by atoms with Gasteiger partial charge in [0.1, 0.15) is 5.75 Å². The lowest BCUT2D eigenvalue weighted by molar-refractivity contribution is 0.0824. The molecule has 156 valence electrons. The van der Waals surface area contributed by atoms with Crippen LogP contribution in [0.3, 0.4) is 0 Å². The minimum absolute atomic E-state index is 0.00520. The van der Waals surface area contributed by atoms with E-state index in [0.717, 1.165) is 60.4 Å². The Morgan fingerprint density at radius 2 is 1.76 bits per heavy atom. The lowest BCUT2D eigenvalue weighted by Gasteiger charge is -2.38. The zero-order chi connectivity index (χ0) is 20.8. The highest BCUT2D eigenvalue weighted by molar-refractivity contribution is 7.99. The summed E-state index contributed by atoms with van der Waals surface area (Å²) in [6.07, 6.45) is 4.67. The topological polar surface area (TPSA) is 48.9 Å². The molecule has 1 aliphatic rings. The number of carbonyl (C=O) groups is 1. The van der Waals surface area contributed by atoms with Crippen LogP contribution in [0.4, 0.5) is 11.4 Å². The molecule has 0 aliphatic carbocycles. The predicted octanol–water partition coefficient (Wildman–Crippen LogP) is 3.62. The highest BCUT2D eigenvalue weighted by Crippen LogP contribution is 2.35. The molecule has 2 aromatic rings. The van der Waals surface area contributed by atoms with Crippen molar-refractivity contribution in [1.29, 1.82) is 0 Å². The van der Waals surface area contributed by atoms with Crippen molar-refractivity contribution in [3.05, 3.63) is 42.2 Å². The van der Waals surface area contributed by atoms with Crippen molar-refractivity contribution in [3.63, 3.8) is 0 Å². The van der Waals surface area contributed by atoms with Gasteiger partial charge in [0.25, 0.3) is 5.91 Å². The summed E-state index contributed by atoms with van der Waals surface area (Å²) in [5, 5.41) is 0. The molecule has 1 aliphatic heterocycles. The number of piperazine rings is 1. The molecular formula is C22H30N4O2S. The standard InChI is InChI=1S/C22H30N4O2S/c1-5-14-29-21-17(22(27)24(2)3)15-23-16-19(21)26-12-10-25(11-13-26)18-8-6-7-9-20(18)28-4/h6-9,15-16H,5,10-14H2,1-4H3. The second-order valence-corrected chi connectivity index (χ2v) is 8.33. The fourth-order valence-electron chi connectivity index (χ4n) is 3.49. The average molecular weight is 415 g/mol. The Kier molecular flexibility index (Phi) is 7.25. The number of ether oxygens (including phenoxy) is 1. The van der Waals surface area contributed by atoms with Crippen molar-refractivity contribution in [2.24, 2.45) is 0 Å². The van der Waals surface area contributed by atoms with E-state index in [4.69, 9.17) is 4.74 Å². The number of methoxy groups -OCH3 is 1. The Balaban J connectivity index is 1.82. The van der Waals surface area contributed by atoms with Gasteiger partial charge >= 0.3 is 0 Å². The molecule has 2 heterocycles. The predicted molar refractivity (Wildman–Crippen MR) is 121 cm³/mol. The highest BCUT2D eigenvalue weighted by Gasteiger charge is 2.25. The Labute approximate surface area is 177 Å². The monoisotopic (exact) mass is 414 g/mol. The Hall–Kier alpha value is -2.41. The zero-order valence-electron chi connectivity index (χ0n) is 17.7. The number of nitrogens with zero attached hydrogens (tertiary/aromatic N) is 4. The summed E-state index contributed by atoms with van der Waals surface area (Å²) in [5.74, 6) is 1.89. The Morgan fingerprint density at radius 3 is 2.38 bits per heavy atom. The molecule has 0 saturated carbocycles. The minimum atomic E-state index is 0.00520. The molecule has 0 radical (unpaired) electrons. The lowest BCUT2D eigenvalue weighted by atomic mass is 10.2. The second-order valence-electron chi connectivity index (χ2n) is 7.23. The summed E-state index contributed by atoms with van der Waals surface area (Å²) in [6, 6.07) is 8.15. The Morgan fingerprint density at radius 1 is 1.10 bits per heavy atom. The van der Waals surface area contributed by atoms with Gasteiger partial charge in [-0.15, -0.1) is 11.8 Å². The lowest BCUT2D eigenvalue weighted by Crippen LogP contribution is -2.47. The van der Waals surface area contributed by atoms with Gasteiger partial charge in [-0.3, -0.25) is 9.78 Å². The summed E-state index contributed by atoms with van der Waals surface area (Å²) < 4.78 is 5.53. The summed E-state index contributed by atoms with van der Waals surface area (Å²) in [6.45, 7) is 5.69. The minimum Gasteiger partial charge on any atom is -0.495 e. The molecule has 0 spiro atoms. The fraction of sp³-hybridized carbons (Fsp3) is 0.455. The quantitative estimate of drug-likeness (QED) is 0.645. The summed E-state index contributed by atoms with van der Waals surface area (Å²) in [5.41, 5.74) is 2.89. The van der Waals surface area contributed by atoms with Gasteiger partial charge in [0.15, 0.2) is 0 Å². The molecular weight excluding hydrogens is 384 g/mol. The van der Waals surface area contributed by atoms with Crippen molar-refractivity contribution < 1.29 is 9.53 Å². The molecule has 1 amide bonds. The molecule has 0 N–H and O–H groups in total. The van der Waals surface area contributed by atoms with Gasteiger partial charge < -0.3 is 19.4 Å². The number of rotatable bonds is 7. The van der Waals surface area contributed by atoms with E-state index in [1.165, 1.54) is 0 Å². The van der Waals surface area contributed by atoms with Crippen LogP contribution < -0.4 is 14.5 Å². The van der Waals surface area contributed by atoms with Crippen LogP contribution in [0.1, 0.15) is 23.7 Å². The maximum Gasteiger partial charge on any atom is 0.256 e. The molecule has 29 heavy (non-hydrogen) atoms. The van der Waals surface area contributed by atoms with E-state index < -0.39 is 0 Å². The van der Waals surface area contributed by atoms with Crippen LogP contribution in [0.2, 0.25) is 0 Å². The van der Waals surface area contributed by atoms with Crippen LogP contribution in [0.5, 0.6) is 5.75 Å². The fourth-order valence-corrected chi connectivity index (χ4v) is 4.52. The molecule has 1 fully saturated rings. The van der Waals surface area contributed by atoms with Crippen LogP contribution in [-0.2, 0) is 0 Å². The van der Waals surface area contributed by atoms with Crippen LogP contribution in [-0.4, -0.2) is 68.9 Å². The van der Waals surface area contributed by atoms with Crippen LogP contribution in [0.15, 0.2) is 41.6 Å². The van der Waals surface area contributed by atoms with Gasteiger partial charge in [-0.05, 0) is 24.3 Å². The third-order valence-electron chi connectivity index (χ3n) is 5.01. The highest BCUT2D eigenvalue weighted by atomic mass is 32.2. The number of benzene rings is 1.